The normalized spacial score (nSPS) is 12.7. The molecule has 3 N–H and O–H groups in total. The first-order valence-electron chi connectivity index (χ1n) is 8.38. The summed E-state index contributed by atoms with van der Waals surface area (Å²) in [5.41, 5.74) is 0.0516. The van der Waals surface area contributed by atoms with Crippen molar-refractivity contribution in [3.05, 3.63) is 65.7 Å². The number of para-hydroxylation sites is 1. The van der Waals surface area contributed by atoms with Crippen molar-refractivity contribution < 1.29 is 19.5 Å². The molecule has 2 aromatic rings. The molecule has 1 atom stereocenters. The molecule has 2 rings (SSSR count). The first-order chi connectivity index (χ1) is 12.4. The van der Waals surface area contributed by atoms with Crippen LogP contribution in [0.15, 0.2) is 54.6 Å². The van der Waals surface area contributed by atoms with Crippen LogP contribution < -0.4 is 10.6 Å². The van der Waals surface area contributed by atoms with Crippen LogP contribution in [0.5, 0.6) is 0 Å². The van der Waals surface area contributed by atoms with Gasteiger partial charge in [0.05, 0.1) is 0 Å². The molecule has 0 spiro atoms. The highest BCUT2D eigenvalue weighted by atomic mass is 16.4. The van der Waals surface area contributed by atoms with Crippen molar-refractivity contribution in [2.75, 3.05) is 5.32 Å². The number of carboxylic acids is 1. The number of carboxylic acid groups (broad SMARTS) is 1. The van der Waals surface area contributed by atoms with Crippen molar-refractivity contribution in [3.63, 3.8) is 0 Å². The van der Waals surface area contributed by atoms with Crippen LogP contribution in [0.25, 0.3) is 0 Å². The number of aliphatic carboxylic acids is 1. The molecule has 0 saturated carbocycles. The fourth-order valence-electron chi connectivity index (χ4n) is 2.54. The monoisotopic (exact) mass is 354 g/mol. The Morgan fingerprint density at radius 2 is 1.46 bits per heavy atom. The van der Waals surface area contributed by atoms with Gasteiger partial charge in [-0.2, -0.15) is 0 Å². The molecule has 0 bridgehead atoms. The smallest absolute Gasteiger partial charge is 0.329 e. The van der Waals surface area contributed by atoms with Crippen LogP contribution in [0.1, 0.15) is 47.4 Å². The number of rotatable bonds is 7. The van der Waals surface area contributed by atoms with Crippen molar-refractivity contribution in [3.8, 4) is 0 Å². The first-order valence-corrected chi connectivity index (χ1v) is 8.38. The molecule has 0 heterocycles. The summed E-state index contributed by atoms with van der Waals surface area (Å²) in [7, 11) is 0. The van der Waals surface area contributed by atoms with Crippen LogP contribution in [0.3, 0.4) is 0 Å². The molecule has 136 valence electrons. The van der Waals surface area contributed by atoms with Gasteiger partial charge in [0.1, 0.15) is 5.54 Å². The van der Waals surface area contributed by atoms with E-state index < -0.39 is 17.4 Å². The molecule has 0 radical (unpaired) electrons. The third kappa shape index (κ3) is 4.69. The third-order valence-corrected chi connectivity index (χ3v) is 4.05. The first kappa shape index (κ1) is 19.2. The zero-order valence-corrected chi connectivity index (χ0v) is 14.8. The van der Waals surface area contributed by atoms with E-state index in [1.54, 1.807) is 12.1 Å². The summed E-state index contributed by atoms with van der Waals surface area (Å²) in [6, 6.07) is 15.1. The lowest BCUT2D eigenvalue weighted by molar-refractivity contribution is -0.144. The second-order valence-corrected chi connectivity index (χ2v) is 6.24. The Labute approximate surface area is 152 Å². The number of hydrogen-bond acceptors (Lipinski definition) is 3. The van der Waals surface area contributed by atoms with Crippen molar-refractivity contribution >= 4 is 23.5 Å². The number of nitrogens with one attached hydrogen (secondary N) is 2. The summed E-state index contributed by atoms with van der Waals surface area (Å²) in [6.07, 6.45) is 0.952. The topological polar surface area (TPSA) is 95.5 Å². The van der Waals surface area contributed by atoms with Gasteiger partial charge in [-0.05, 0) is 49.7 Å². The number of carbonyl (C=O) groups is 3. The van der Waals surface area contributed by atoms with Crippen LogP contribution in [-0.4, -0.2) is 28.4 Å². The third-order valence-electron chi connectivity index (χ3n) is 4.05. The Balaban J connectivity index is 2.07. The van der Waals surface area contributed by atoms with E-state index in [0.29, 0.717) is 29.7 Å². The summed E-state index contributed by atoms with van der Waals surface area (Å²) >= 11 is 0. The molecule has 1 unspecified atom stereocenters. The molecular formula is C20H22N2O4. The Morgan fingerprint density at radius 1 is 0.923 bits per heavy atom. The largest absolute Gasteiger partial charge is 0.480 e. The zero-order valence-electron chi connectivity index (χ0n) is 14.8. The maximum absolute atomic E-state index is 12.3. The maximum Gasteiger partial charge on any atom is 0.329 e. The van der Waals surface area contributed by atoms with Gasteiger partial charge >= 0.3 is 5.97 Å². The Kier molecular flexibility index (Phi) is 6.11. The second kappa shape index (κ2) is 8.29. The van der Waals surface area contributed by atoms with E-state index in [9.17, 15) is 19.5 Å². The maximum atomic E-state index is 12.3. The van der Waals surface area contributed by atoms with Crippen LogP contribution >= 0.6 is 0 Å². The van der Waals surface area contributed by atoms with Crippen molar-refractivity contribution in [1.29, 1.82) is 0 Å². The molecule has 26 heavy (non-hydrogen) atoms. The number of amides is 2. The average Bonchev–Trinajstić information content (AvgIpc) is 2.62. The molecule has 6 nitrogen and oxygen atoms in total. The van der Waals surface area contributed by atoms with Gasteiger partial charge in [0, 0.05) is 16.8 Å². The van der Waals surface area contributed by atoms with Gasteiger partial charge in [-0.15, -0.1) is 0 Å². The van der Waals surface area contributed by atoms with Gasteiger partial charge in [-0.25, -0.2) is 4.79 Å². The Morgan fingerprint density at radius 3 is 1.96 bits per heavy atom. The van der Waals surface area contributed by atoms with Crippen molar-refractivity contribution in [2.24, 2.45) is 0 Å². The minimum atomic E-state index is -1.32. The minimum Gasteiger partial charge on any atom is -0.480 e. The van der Waals surface area contributed by atoms with E-state index in [2.05, 4.69) is 10.6 Å². The van der Waals surface area contributed by atoms with E-state index in [1.165, 1.54) is 31.2 Å². The standard InChI is InChI=1S/C20H22N2O4/c1-3-13-20(2,19(25)26)22-18(24)15-11-9-14(10-12-15)17(23)21-16-7-5-4-6-8-16/h4-12H,3,13H2,1-2H3,(H,21,23)(H,22,24)(H,25,26). The summed E-state index contributed by atoms with van der Waals surface area (Å²) in [4.78, 5) is 36.0. The lowest BCUT2D eigenvalue weighted by Gasteiger charge is -2.25. The van der Waals surface area contributed by atoms with Crippen LogP contribution in [0.2, 0.25) is 0 Å². The second-order valence-electron chi connectivity index (χ2n) is 6.24. The molecule has 0 aliphatic rings. The van der Waals surface area contributed by atoms with Crippen molar-refractivity contribution in [1.82, 2.24) is 5.32 Å². The zero-order chi connectivity index (χ0) is 19.2. The van der Waals surface area contributed by atoms with Gasteiger partial charge in [-0.3, -0.25) is 9.59 Å². The van der Waals surface area contributed by atoms with Crippen LogP contribution in [0, 0.1) is 0 Å². The quantitative estimate of drug-likeness (QED) is 0.711. The molecule has 0 aliphatic heterocycles. The predicted octanol–water partition coefficient (Wildman–Crippen LogP) is 3.31. The van der Waals surface area contributed by atoms with Crippen molar-refractivity contribution in [2.45, 2.75) is 32.2 Å². The van der Waals surface area contributed by atoms with Gasteiger partial charge in [0.15, 0.2) is 0 Å². The minimum absolute atomic E-state index is 0.287. The van der Waals surface area contributed by atoms with Crippen LogP contribution in [0.4, 0.5) is 5.69 Å². The molecule has 6 heteroatoms. The predicted molar refractivity (Wildman–Crippen MR) is 99.3 cm³/mol. The van der Waals surface area contributed by atoms with Gasteiger partial charge in [0.25, 0.3) is 11.8 Å². The Bertz CT molecular complexity index is 787. The highest BCUT2D eigenvalue weighted by molar-refractivity contribution is 6.05. The van der Waals surface area contributed by atoms with Crippen LogP contribution in [-0.2, 0) is 4.79 Å². The summed E-state index contributed by atoms with van der Waals surface area (Å²) in [5.74, 6) is -1.85. The number of carbonyl (C=O) groups excluding carboxylic acids is 2. The highest BCUT2D eigenvalue weighted by Crippen LogP contribution is 2.15. The van der Waals surface area contributed by atoms with E-state index >= 15 is 0 Å². The van der Waals surface area contributed by atoms with E-state index in [4.69, 9.17) is 0 Å². The Hall–Kier alpha value is -3.15. The molecule has 0 saturated heterocycles. The number of anilines is 1. The number of benzene rings is 2. The summed E-state index contributed by atoms with van der Waals surface area (Å²) in [5, 5.41) is 14.7. The van der Waals surface area contributed by atoms with Gasteiger partial charge in [-0.1, -0.05) is 31.5 Å². The van der Waals surface area contributed by atoms with E-state index in [-0.39, 0.29) is 5.91 Å². The van der Waals surface area contributed by atoms with E-state index in [1.807, 2.05) is 25.1 Å². The molecular weight excluding hydrogens is 332 g/mol. The SMILES string of the molecule is CCCC(C)(NC(=O)c1ccc(C(=O)Nc2ccccc2)cc1)C(=O)O. The fourth-order valence-corrected chi connectivity index (χ4v) is 2.54. The summed E-state index contributed by atoms with van der Waals surface area (Å²) < 4.78 is 0. The van der Waals surface area contributed by atoms with Gasteiger partial charge < -0.3 is 15.7 Å². The lowest BCUT2D eigenvalue weighted by Crippen LogP contribution is -2.52. The van der Waals surface area contributed by atoms with Gasteiger partial charge in [0.2, 0.25) is 0 Å². The number of hydrogen-bond donors (Lipinski definition) is 3. The molecule has 0 aliphatic carbocycles. The highest BCUT2D eigenvalue weighted by Gasteiger charge is 2.34. The van der Waals surface area contributed by atoms with E-state index in [0.717, 1.165) is 0 Å². The summed E-state index contributed by atoms with van der Waals surface area (Å²) in [6.45, 7) is 3.34. The molecule has 2 amide bonds. The fraction of sp³-hybridized carbons (Fsp3) is 0.250. The average molecular weight is 354 g/mol. The molecule has 0 fully saturated rings. The molecule has 0 aromatic heterocycles. The molecule has 2 aromatic carbocycles. The lowest BCUT2D eigenvalue weighted by atomic mass is 9.95.